The van der Waals surface area contributed by atoms with Gasteiger partial charge in [0.2, 0.25) is 5.91 Å². The predicted octanol–water partition coefficient (Wildman–Crippen LogP) is 1.000. The van der Waals surface area contributed by atoms with E-state index in [1.807, 2.05) is 13.8 Å². The van der Waals surface area contributed by atoms with Gasteiger partial charge in [-0.3, -0.25) is 9.59 Å². The largest absolute Gasteiger partial charge is 0.481 e. The third-order valence-electron chi connectivity index (χ3n) is 2.40. The van der Waals surface area contributed by atoms with Crippen molar-refractivity contribution < 1.29 is 27.9 Å². The number of hydrogen-bond donors (Lipinski definition) is 3. The first-order valence-electron chi connectivity index (χ1n) is 5.86. The van der Waals surface area contributed by atoms with Gasteiger partial charge in [0.15, 0.2) is 5.92 Å². The van der Waals surface area contributed by atoms with E-state index in [2.05, 4.69) is 10.6 Å². The molecular formula is C11H19F3N2O3. The Morgan fingerprint density at radius 3 is 2.05 bits per heavy atom. The quantitative estimate of drug-likeness (QED) is 0.651. The minimum Gasteiger partial charge on any atom is -0.481 e. The van der Waals surface area contributed by atoms with Gasteiger partial charge in [-0.05, 0) is 12.8 Å². The fraction of sp³-hybridized carbons (Fsp3) is 0.818. The van der Waals surface area contributed by atoms with Crippen LogP contribution in [0.2, 0.25) is 0 Å². The summed E-state index contributed by atoms with van der Waals surface area (Å²) in [4.78, 5) is 22.0. The van der Waals surface area contributed by atoms with E-state index in [1.54, 1.807) is 0 Å². The van der Waals surface area contributed by atoms with Crippen LogP contribution in [0.15, 0.2) is 0 Å². The topological polar surface area (TPSA) is 78.4 Å². The van der Waals surface area contributed by atoms with Crippen LogP contribution in [0, 0.1) is 11.8 Å². The second-order valence-electron chi connectivity index (χ2n) is 4.70. The molecule has 0 spiro atoms. The molecule has 0 fully saturated rings. The number of carboxylic acids is 1. The first kappa shape index (κ1) is 17.7. The molecule has 0 aromatic rings. The monoisotopic (exact) mass is 284 g/mol. The molecule has 1 amide bonds. The summed E-state index contributed by atoms with van der Waals surface area (Å²) in [5, 5.41) is 13.3. The summed E-state index contributed by atoms with van der Waals surface area (Å²) in [5.41, 5.74) is 0. The number of carbonyl (C=O) groups excluding carboxylic acids is 1. The number of amides is 1. The second kappa shape index (κ2) is 7.32. The van der Waals surface area contributed by atoms with E-state index in [9.17, 15) is 22.8 Å². The van der Waals surface area contributed by atoms with Crippen molar-refractivity contribution in [2.45, 2.75) is 33.0 Å². The Labute approximate surface area is 109 Å². The summed E-state index contributed by atoms with van der Waals surface area (Å²) in [6, 6.07) is -0.886. The van der Waals surface area contributed by atoms with Gasteiger partial charge in [-0.2, -0.15) is 13.2 Å². The molecule has 2 atom stereocenters. The molecular weight excluding hydrogens is 265 g/mol. The molecule has 0 aromatic carbocycles. The maximum absolute atomic E-state index is 12.4. The zero-order chi connectivity index (χ0) is 15.2. The van der Waals surface area contributed by atoms with E-state index in [1.165, 1.54) is 6.92 Å². The van der Waals surface area contributed by atoms with Gasteiger partial charge in [0, 0.05) is 13.1 Å². The number of rotatable bonds is 7. The van der Waals surface area contributed by atoms with Crippen LogP contribution < -0.4 is 10.6 Å². The number of nitrogens with one attached hydrogen (secondary N) is 2. The predicted molar refractivity (Wildman–Crippen MR) is 62.5 cm³/mol. The van der Waals surface area contributed by atoms with Gasteiger partial charge < -0.3 is 15.7 Å². The van der Waals surface area contributed by atoms with E-state index in [-0.39, 0.29) is 5.92 Å². The van der Waals surface area contributed by atoms with Crippen LogP contribution in [0.1, 0.15) is 20.8 Å². The third kappa shape index (κ3) is 7.00. The lowest BCUT2D eigenvalue weighted by atomic mass is 10.1. The normalized spacial score (nSPS) is 15.1. The summed E-state index contributed by atoms with van der Waals surface area (Å²) < 4.78 is 37.1. The van der Waals surface area contributed by atoms with Crippen molar-refractivity contribution in [2.24, 2.45) is 11.8 Å². The molecule has 0 aliphatic heterocycles. The van der Waals surface area contributed by atoms with Gasteiger partial charge in [0.05, 0.1) is 6.04 Å². The number of halogens is 3. The first-order valence-corrected chi connectivity index (χ1v) is 5.86. The van der Waals surface area contributed by atoms with Gasteiger partial charge >= 0.3 is 12.1 Å². The van der Waals surface area contributed by atoms with Crippen LogP contribution in [-0.2, 0) is 9.59 Å². The summed E-state index contributed by atoms with van der Waals surface area (Å²) in [7, 11) is 0. The smallest absolute Gasteiger partial charge is 0.403 e. The molecule has 0 saturated heterocycles. The van der Waals surface area contributed by atoms with Crippen molar-refractivity contribution >= 4 is 11.9 Å². The zero-order valence-corrected chi connectivity index (χ0v) is 11.0. The number of alkyl halides is 3. The summed E-state index contributed by atoms with van der Waals surface area (Å²) >= 11 is 0. The first-order chi connectivity index (χ1) is 8.55. The molecule has 0 aliphatic carbocycles. The fourth-order valence-corrected chi connectivity index (χ4v) is 1.19. The third-order valence-corrected chi connectivity index (χ3v) is 2.40. The van der Waals surface area contributed by atoms with Crippen LogP contribution in [0.4, 0.5) is 13.2 Å². The molecule has 5 nitrogen and oxygen atoms in total. The van der Waals surface area contributed by atoms with Crippen molar-refractivity contribution in [3.63, 3.8) is 0 Å². The molecule has 112 valence electrons. The van der Waals surface area contributed by atoms with Crippen LogP contribution in [0.5, 0.6) is 0 Å². The average molecular weight is 284 g/mol. The average Bonchev–Trinajstić information content (AvgIpc) is 2.23. The Bertz CT molecular complexity index is 319. The second-order valence-corrected chi connectivity index (χ2v) is 4.70. The van der Waals surface area contributed by atoms with Crippen molar-refractivity contribution in [1.82, 2.24) is 10.6 Å². The maximum Gasteiger partial charge on any atom is 0.403 e. The Kier molecular flexibility index (Phi) is 6.82. The standard InChI is InChI=1S/C11H19F3N2O3/c1-6(2)4-16-9(17)7(3)15-5-8(10(18)19)11(12,13)14/h6-8,15H,4-5H2,1-3H3,(H,16,17)(H,18,19). The molecule has 0 aliphatic rings. The minimum absolute atomic E-state index is 0.220. The number of carbonyl (C=O) groups is 2. The Hall–Kier alpha value is -1.31. The molecule has 0 radical (unpaired) electrons. The van der Waals surface area contributed by atoms with Crippen molar-refractivity contribution in [1.29, 1.82) is 0 Å². The molecule has 0 rings (SSSR count). The summed E-state index contributed by atoms with van der Waals surface area (Å²) in [5.74, 6) is -4.72. The zero-order valence-electron chi connectivity index (χ0n) is 11.0. The molecule has 19 heavy (non-hydrogen) atoms. The van der Waals surface area contributed by atoms with Crippen LogP contribution >= 0.6 is 0 Å². The van der Waals surface area contributed by atoms with Crippen LogP contribution in [-0.4, -0.2) is 42.3 Å². The molecule has 0 heterocycles. The molecule has 2 unspecified atom stereocenters. The minimum atomic E-state index is -4.84. The van der Waals surface area contributed by atoms with Gasteiger partial charge in [0.25, 0.3) is 0 Å². The van der Waals surface area contributed by atoms with Crippen molar-refractivity contribution in [3.05, 3.63) is 0 Å². The molecule has 0 bridgehead atoms. The summed E-state index contributed by atoms with van der Waals surface area (Å²) in [6.45, 7) is 4.71. The highest BCUT2D eigenvalue weighted by molar-refractivity contribution is 5.81. The number of aliphatic carboxylic acids is 1. The van der Waals surface area contributed by atoms with Gasteiger partial charge in [-0.1, -0.05) is 13.8 Å². The van der Waals surface area contributed by atoms with E-state index in [4.69, 9.17) is 5.11 Å². The highest BCUT2D eigenvalue weighted by Crippen LogP contribution is 2.25. The maximum atomic E-state index is 12.4. The fourth-order valence-electron chi connectivity index (χ4n) is 1.19. The van der Waals surface area contributed by atoms with Crippen LogP contribution in [0.3, 0.4) is 0 Å². The highest BCUT2D eigenvalue weighted by Gasteiger charge is 2.45. The Morgan fingerprint density at radius 1 is 1.16 bits per heavy atom. The lowest BCUT2D eigenvalue weighted by molar-refractivity contribution is -0.192. The molecule has 0 aromatic heterocycles. The molecule has 0 saturated carbocycles. The lowest BCUT2D eigenvalue weighted by Crippen LogP contribution is -2.48. The molecule has 8 heteroatoms. The van der Waals surface area contributed by atoms with Gasteiger partial charge in [0.1, 0.15) is 0 Å². The number of carboxylic acid groups (broad SMARTS) is 1. The lowest BCUT2D eigenvalue weighted by Gasteiger charge is -2.20. The summed E-state index contributed by atoms with van der Waals surface area (Å²) in [6.07, 6.45) is -4.84. The highest BCUT2D eigenvalue weighted by atomic mass is 19.4. The number of hydrogen-bond acceptors (Lipinski definition) is 3. The Balaban J connectivity index is 4.30. The van der Waals surface area contributed by atoms with Gasteiger partial charge in [-0.15, -0.1) is 0 Å². The van der Waals surface area contributed by atoms with E-state index >= 15 is 0 Å². The van der Waals surface area contributed by atoms with Crippen molar-refractivity contribution in [2.75, 3.05) is 13.1 Å². The Morgan fingerprint density at radius 2 is 1.68 bits per heavy atom. The van der Waals surface area contributed by atoms with Crippen molar-refractivity contribution in [3.8, 4) is 0 Å². The van der Waals surface area contributed by atoms with E-state index in [0.717, 1.165) is 0 Å². The van der Waals surface area contributed by atoms with E-state index < -0.39 is 36.6 Å². The van der Waals surface area contributed by atoms with E-state index in [0.29, 0.717) is 6.54 Å². The SMILES string of the molecule is CC(C)CNC(=O)C(C)NCC(C(=O)O)C(F)(F)F. The van der Waals surface area contributed by atoms with Crippen LogP contribution in [0.25, 0.3) is 0 Å². The molecule has 3 N–H and O–H groups in total. The van der Waals surface area contributed by atoms with Gasteiger partial charge in [-0.25, -0.2) is 0 Å².